The van der Waals surface area contributed by atoms with E-state index in [0.29, 0.717) is 30.3 Å². The number of amides is 1. The Kier molecular flexibility index (Phi) is 7.02. The molecule has 0 aliphatic rings. The molecule has 2 aromatic carbocycles. The molecule has 0 aromatic heterocycles. The van der Waals surface area contributed by atoms with Crippen LogP contribution in [0.5, 0.6) is 0 Å². The maximum atomic E-state index is 13.0. The number of ether oxygens (including phenoxy) is 1. The molecular formula is C20H22ClNO3. The highest BCUT2D eigenvalue weighted by Crippen LogP contribution is 2.16. The lowest BCUT2D eigenvalue weighted by Gasteiger charge is -2.23. The van der Waals surface area contributed by atoms with Gasteiger partial charge in [-0.25, -0.2) is 0 Å². The maximum absolute atomic E-state index is 13.0. The SMILES string of the molecule is CCOC(=O)CCN(Cc1ccc(Cl)cc1)C(=O)c1ccccc1C. The first-order chi connectivity index (χ1) is 12.0. The van der Waals surface area contributed by atoms with Crippen molar-refractivity contribution in [3.63, 3.8) is 0 Å². The number of hydrogen-bond donors (Lipinski definition) is 0. The van der Waals surface area contributed by atoms with Crippen molar-refractivity contribution >= 4 is 23.5 Å². The second-order valence-corrected chi connectivity index (χ2v) is 6.16. The second kappa shape index (κ2) is 9.23. The van der Waals surface area contributed by atoms with Gasteiger partial charge in [0, 0.05) is 23.7 Å². The van der Waals surface area contributed by atoms with Gasteiger partial charge in [0.05, 0.1) is 13.0 Å². The fraction of sp³-hybridized carbons (Fsp3) is 0.300. The predicted molar refractivity (Wildman–Crippen MR) is 98.6 cm³/mol. The summed E-state index contributed by atoms with van der Waals surface area (Å²) < 4.78 is 4.97. The van der Waals surface area contributed by atoms with Crippen LogP contribution in [-0.4, -0.2) is 29.9 Å². The van der Waals surface area contributed by atoms with E-state index in [-0.39, 0.29) is 18.3 Å². The third-order valence-corrected chi connectivity index (χ3v) is 4.09. The minimum absolute atomic E-state index is 0.0997. The summed E-state index contributed by atoms with van der Waals surface area (Å²) in [5.41, 5.74) is 2.50. The maximum Gasteiger partial charge on any atom is 0.307 e. The van der Waals surface area contributed by atoms with E-state index in [0.717, 1.165) is 11.1 Å². The molecule has 2 aromatic rings. The number of halogens is 1. The highest BCUT2D eigenvalue weighted by Gasteiger charge is 2.19. The highest BCUT2D eigenvalue weighted by molar-refractivity contribution is 6.30. The van der Waals surface area contributed by atoms with Crippen molar-refractivity contribution < 1.29 is 14.3 Å². The van der Waals surface area contributed by atoms with Gasteiger partial charge in [0.15, 0.2) is 0 Å². The number of carbonyl (C=O) groups excluding carboxylic acids is 2. The zero-order valence-corrected chi connectivity index (χ0v) is 15.3. The lowest BCUT2D eigenvalue weighted by atomic mass is 10.1. The quantitative estimate of drug-likeness (QED) is 0.694. The molecule has 0 radical (unpaired) electrons. The van der Waals surface area contributed by atoms with Crippen LogP contribution in [0, 0.1) is 6.92 Å². The van der Waals surface area contributed by atoms with Crippen LogP contribution in [0.3, 0.4) is 0 Å². The zero-order chi connectivity index (χ0) is 18.2. The Bertz CT molecular complexity index is 728. The second-order valence-electron chi connectivity index (χ2n) is 5.72. The van der Waals surface area contributed by atoms with Gasteiger partial charge in [-0.2, -0.15) is 0 Å². The van der Waals surface area contributed by atoms with Gasteiger partial charge in [-0.05, 0) is 43.2 Å². The van der Waals surface area contributed by atoms with Crippen molar-refractivity contribution in [2.24, 2.45) is 0 Å². The highest BCUT2D eigenvalue weighted by atomic mass is 35.5. The molecule has 132 valence electrons. The Morgan fingerprint density at radius 3 is 2.40 bits per heavy atom. The number of nitrogens with zero attached hydrogens (tertiary/aromatic N) is 1. The molecule has 0 bridgehead atoms. The largest absolute Gasteiger partial charge is 0.466 e. The van der Waals surface area contributed by atoms with Crippen LogP contribution in [0.25, 0.3) is 0 Å². The van der Waals surface area contributed by atoms with Crippen LogP contribution in [0.4, 0.5) is 0 Å². The molecule has 0 saturated carbocycles. The van der Waals surface area contributed by atoms with Crippen molar-refractivity contribution in [3.8, 4) is 0 Å². The van der Waals surface area contributed by atoms with Crippen LogP contribution < -0.4 is 0 Å². The van der Waals surface area contributed by atoms with Crippen molar-refractivity contribution in [3.05, 3.63) is 70.2 Å². The van der Waals surface area contributed by atoms with Gasteiger partial charge >= 0.3 is 5.97 Å². The van der Waals surface area contributed by atoms with Gasteiger partial charge in [0.25, 0.3) is 5.91 Å². The van der Waals surface area contributed by atoms with Crippen LogP contribution in [0.1, 0.15) is 34.8 Å². The van der Waals surface area contributed by atoms with Crippen LogP contribution >= 0.6 is 11.6 Å². The van der Waals surface area contributed by atoms with E-state index in [4.69, 9.17) is 16.3 Å². The Hall–Kier alpha value is -2.33. The van der Waals surface area contributed by atoms with Crippen LogP contribution in [0.2, 0.25) is 5.02 Å². The molecular weight excluding hydrogens is 338 g/mol. The molecule has 0 unspecified atom stereocenters. The average Bonchev–Trinajstić information content (AvgIpc) is 2.60. The number of esters is 1. The van der Waals surface area contributed by atoms with Crippen LogP contribution in [0.15, 0.2) is 48.5 Å². The molecule has 0 spiro atoms. The number of carbonyl (C=O) groups is 2. The Morgan fingerprint density at radius 2 is 1.76 bits per heavy atom. The lowest BCUT2D eigenvalue weighted by Crippen LogP contribution is -2.33. The predicted octanol–water partition coefficient (Wildman–Crippen LogP) is 4.24. The normalized spacial score (nSPS) is 10.4. The van der Waals surface area contributed by atoms with E-state index in [2.05, 4.69) is 0 Å². The summed E-state index contributed by atoms with van der Waals surface area (Å²) in [7, 11) is 0. The van der Waals surface area contributed by atoms with Gasteiger partial charge in [0.1, 0.15) is 0 Å². The summed E-state index contributed by atoms with van der Waals surface area (Å²) in [4.78, 5) is 26.3. The molecule has 2 rings (SSSR count). The number of rotatable bonds is 7. The van der Waals surface area contributed by atoms with Crippen molar-refractivity contribution in [1.29, 1.82) is 0 Å². The molecule has 5 heteroatoms. The average molecular weight is 360 g/mol. The zero-order valence-electron chi connectivity index (χ0n) is 14.5. The number of hydrogen-bond acceptors (Lipinski definition) is 3. The van der Waals surface area contributed by atoms with Crippen molar-refractivity contribution in [2.75, 3.05) is 13.2 Å². The molecule has 1 amide bonds. The third-order valence-electron chi connectivity index (χ3n) is 3.84. The monoisotopic (exact) mass is 359 g/mol. The summed E-state index contributed by atoms with van der Waals surface area (Å²) in [5.74, 6) is -0.404. The molecule has 4 nitrogen and oxygen atoms in total. The standard InChI is InChI=1S/C20H22ClNO3/c1-3-25-19(23)12-13-22(14-16-8-10-17(21)11-9-16)20(24)18-7-5-4-6-15(18)2/h4-11H,3,12-14H2,1-2H3. The van der Waals surface area contributed by atoms with Gasteiger partial charge < -0.3 is 9.64 Å². The number of benzene rings is 2. The summed E-state index contributed by atoms with van der Waals surface area (Å²) in [6.07, 6.45) is 0.166. The van der Waals surface area contributed by atoms with Gasteiger partial charge in [-0.3, -0.25) is 9.59 Å². The first-order valence-electron chi connectivity index (χ1n) is 8.26. The Balaban J connectivity index is 2.18. The fourth-order valence-corrected chi connectivity index (χ4v) is 2.63. The van der Waals surface area contributed by atoms with Gasteiger partial charge in [0.2, 0.25) is 0 Å². The summed E-state index contributed by atoms with van der Waals surface area (Å²) in [6, 6.07) is 14.8. The molecule has 0 saturated heterocycles. The molecule has 0 N–H and O–H groups in total. The van der Waals surface area contributed by atoms with E-state index in [9.17, 15) is 9.59 Å². The minimum Gasteiger partial charge on any atom is -0.466 e. The van der Waals surface area contributed by atoms with E-state index in [1.807, 2.05) is 37.3 Å². The molecule has 0 atom stereocenters. The lowest BCUT2D eigenvalue weighted by molar-refractivity contribution is -0.143. The summed E-state index contributed by atoms with van der Waals surface area (Å²) in [5, 5.41) is 0.645. The topological polar surface area (TPSA) is 46.6 Å². The van der Waals surface area contributed by atoms with E-state index in [1.54, 1.807) is 30.0 Å². The molecule has 0 aliphatic heterocycles. The summed E-state index contributed by atoms with van der Waals surface area (Å²) in [6.45, 7) is 4.71. The van der Waals surface area contributed by atoms with E-state index < -0.39 is 0 Å². The van der Waals surface area contributed by atoms with Gasteiger partial charge in [-0.15, -0.1) is 0 Å². The molecule has 0 aliphatic carbocycles. The fourth-order valence-electron chi connectivity index (χ4n) is 2.51. The minimum atomic E-state index is -0.304. The Morgan fingerprint density at radius 1 is 1.08 bits per heavy atom. The molecule has 0 heterocycles. The van der Waals surface area contributed by atoms with E-state index in [1.165, 1.54) is 0 Å². The first-order valence-corrected chi connectivity index (χ1v) is 8.64. The molecule has 0 fully saturated rings. The summed E-state index contributed by atoms with van der Waals surface area (Å²) >= 11 is 5.92. The third kappa shape index (κ3) is 5.61. The van der Waals surface area contributed by atoms with Crippen molar-refractivity contribution in [2.45, 2.75) is 26.8 Å². The van der Waals surface area contributed by atoms with E-state index >= 15 is 0 Å². The smallest absolute Gasteiger partial charge is 0.307 e. The Labute approximate surface area is 153 Å². The van der Waals surface area contributed by atoms with Crippen molar-refractivity contribution in [1.82, 2.24) is 4.90 Å². The molecule has 25 heavy (non-hydrogen) atoms. The van der Waals surface area contributed by atoms with Gasteiger partial charge in [-0.1, -0.05) is 41.9 Å². The number of aryl methyl sites for hydroxylation is 1. The first kappa shape index (κ1) is 19.0. The van der Waals surface area contributed by atoms with Crippen LogP contribution in [-0.2, 0) is 16.1 Å².